The number of carbonyl (C=O) groups excluding carboxylic acids is 1. The number of benzene rings is 1. The molecule has 1 saturated heterocycles. The van der Waals surface area contributed by atoms with E-state index in [1.54, 1.807) is 17.2 Å². The molecule has 0 aliphatic carbocycles. The highest BCUT2D eigenvalue weighted by Crippen LogP contribution is 2.32. The van der Waals surface area contributed by atoms with Gasteiger partial charge in [0, 0.05) is 30.1 Å². The lowest BCUT2D eigenvalue weighted by Gasteiger charge is -2.24. The maximum Gasteiger partial charge on any atom is 0.410 e. The van der Waals surface area contributed by atoms with E-state index in [0.29, 0.717) is 18.1 Å². The van der Waals surface area contributed by atoms with Crippen LogP contribution < -0.4 is 4.74 Å². The Morgan fingerprint density at radius 3 is 2.80 bits per heavy atom. The number of ether oxygens (including phenoxy) is 2. The normalized spacial score (nSPS) is 17.8. The Hall–Kier alpha value is -2.01. The second-order valence-corrected chi connectivity index (χ2v) is 7.74. The Morgan fingerprint density at radius 2 is 2.08 bits per heavy atom. The van der Waals surface area contributed by atoms with Crippen LogP contribution in [0.2, 0.25) is 5.02 Å². The van der Waals surface area contributed by atoms with Crippen molar-refractivity contribution in [2.45, 2.75) is 45.8 Å². The first kappa shape index (κ1) is 17.8. The first-order valence-corrected chi connectivity index (χ1v) is 8.81. The SMILES string of the molecule is Cc1c(O[C@H]2CCN(C(=O)OC(C)(C)C)C2)ccc2nccc(Cl)c12. The van der Waals surface area contributed by atoms with Crippen molar-refractivity contribution in [2.75, 3.05) is 13.1 Å². The zero-order valence-electron chi connectivity index (χ0n) is 15.0. The molecule has 5 nitrogen and oxygen atoms in total. The van der Waals surface area contributed by atoms with Gasteiger partial charge in [-0.05, 0) is 45.9 Å². The Balaban J connectivity index is 1.72. The number of rotatable bonds is 2. The summed E-state index contributed by atoms with van der Waals surface area (Å²) in [7, 11) is 0. The van der Waals surface area contributed by atoms with Crippen molar-refractivity contribution in [3.05, 3.63) is 35.0 Å². The molecule has 2 heterocycles. The van der Waals surface area contributed by atoms with Crippen molar-refractivity contribution in [3.63, 3.8) is 0 Å². The van der Waals surface area contributed by atoms with Gasteiger partial charge in [0.05, 0.1) is 17.1 Å². The Labute approximate surface area is 152 Å². The molecular formula is C19H23ClN2O3. The molecule has 2 aromatic rings. The van der Waals surface area contributed by atoms with Crippen LogP contribution in [0.3, 0.4) is 0 Å². The topological polar surface area (TPSA) is 51.7 Å². The molecule has 1 aromatic heterocycles. The summed E-state index contributed by atoms with van der Waals surface area (Å²) >= 11 is 6.31. The van der Waals surface area contributed by atoms with E-state index >= 15 is 0 Å². The fourth-order valence-electron chi connectivity index (χ4n) is 2.98. The molecule has 0 unspecified atom stereocenters. The van der Waals surface area contributed by atoms with Gasteiger partial charge in [-0.15, -0.1) is 0 Å². The van der Waals surface area contributed by atoms with Crippen molar-refractivity contribution in [2.24, 2.45) is 0 Å². The molecule has 1 fully saturated rings. The fraction of sp³-hybridized carbons (Fsp3) is 0.474. The van der Waals surface area contributed by atoms with Crippen LogP contribution in [0.5, 0.6) is 5.75 Å². The molecule has 0 saturated carbocycles. The molecule has 3 rings (SSSR count). The first-order chi connectivity index (χ1) is 11.7. The molecule has 1 atom stereocenters. The van der Waals surface area contributed by atoms with Crippen LogP contribution in [0, 0.1) is 6.92 Å². The fourth-order valence-corrected chi connectivity index (χ4v) is 3.27. The minimum absolute atomic E-state index is 0.0564. The summed E-state index contributed by atoms with van der Waals surface area (Å²) in [5.41, 5.74) is 1.32. The van der Waals surface area contributed by atoms with Crippen LogP contribution in [0.25, 0.3) is 10.9 Å². The zero-order chi connectivity index (χ0) is 18.2. The summed E-state index contributed by atoms with van der Waals surface area (Å²) in [5, 5.41) is 1.57. The number of hydrogen-bond acceptors (Lipinski definition) is 4. The molecular weight excluding hydrogens is 340 g/mol. The lowest BCUT2D eigenvalue weighted by molar-refractivity contribution is 0.0275. The number of pyridine rings is 1. The molecule has 1 amide bonds. The van der Waals surface area contributed by atoms with Crippen LogP contribution in [-0.2, 0) is 4.74 Å². The smallest absolute Gasteiger partial charge is 0.410 e. The summed E-state index contributed by atoms with van der Waals surface area (Å²) in [6.45, 7) is 8.73. The van der Waals surface area contributed by atoms with Crippen molar-refractivity contribution in [1.29, 1.82) is 0 Å². The predicted octanol–water partition coefficient (Wildman–Crippen LogP) is 4.58. The van der Waals surface area contributed by atoms with Crippen molar-refractivity contribution in [3.8, 4) is 5.75 Å². The van der Waals surface area contributed by atoms with Crippen molar-refractivity contribution >= 4 is 28.6 Å². The average Bonchev–Trinajstić information content (AvgIpc) is 2.97. The van der Waals surface area contributed by atoms with Crippen LogP contribution in [0.15, 0.2) is 24.4 Å². The molecule has 25 heavy (non-hydrogen) atoms. The summed E-state index contributed by atoms with van der Waals surface area (Å²) in [4.78, 5) is 18.2. The van der Waals surface area contributed by atoms with Gasteiger partial charge in [-0.2, -0.15) is 0 Å². The number of hydrogen-bond donors (Lipinski definition) is 0. The first-order valence-electron chi connectivity index (χ1n) is 8.43. The second kappa shape index (κ2) is 6.71. The highest BCUT2D eigenvalue weighted by molar-refractivity contribution is 6.35. The molecule has 1 aliphatic heterocycles. The highest BCUT2D eigenvalue weighted by Gasteiger charge is 2.31. The average molecular weight is 363 g/mol. The van der Waals surface area contributed by atoms with Gasteiger partial charge in [-0.3, -0.25) is 4.98 Å². The third-order valence-corrected chi connectivity index (χ3v) is 4.47. The Morgan fingerprint density at radius 1 is 1.32 bits per heavy atom. The van der Waals surface area contributed by atoms with E-state index in [0.717, 1.165) is 28.6 Å². The summed E-state index contributed by atoms with van der Waals surface area (Å²) in [6, 6.07) is 5.60. The summed E-state index contributed by atoms with van der Waals surface area (Å²) in [6.07, 6.45) is 2.12. The summed E-state index contributed by atoms with van der Waals surface area (Å²) < 4.78 is 11.6. The number of fused-ring (bicyclic) bond motifs is 1. The molecule has 0 spiro atoms. The molecule has 0 radical (unpaired) electrons. The lowest BCUT2D eigenvalue weighted by atomic mass is 10.1. The minimum Gasteiger partial charge on any atom is -0.488 e. The number of nitrogens with zero attached hydrogens (tertiary/aromatic N) is 2. The Kier molecular flexibility index (Phi) is 4.78. The van der Waals surface area contributed by atoms with E-state index in [9.17, 15) is 4.79 Å². The van der Waals surface area contributed by atoms with Gasteiger partial charge in [0.2, 0.25) is 0 Å². The third-order valence-electron chi connectivity index (χ3n) is 4.16. The van der Waals surface area contributed by atoms with E-state index in [1.165, 1.54) is 0 Å². The molecule has 1 aromatic carbocycles. The molecule has 6 heteroatoms. The van der Waals surface area contributed by atoms with Gasteiger partial charge in [-0.25, -0.2) is 4.79 Å². The standard InChI is InChI=1S/C19H23ClN2O3/c1-12-16(6-5-15-17(12)14(20)7-9-21-15)24-13-8-10-22(11-13)18(23)25-19(2,3)4/h5-7,9,13H,8,10-11H2,1-4H3/t13-/m0/s1. The minimum atomic E-state index is -0.491. The van der Waals surface area contributed by atoms with E-state index in [4.69, 9.17) is 21.1 Å². The van der Waals surface area contributed by atoms with Gasteiger partial charge in [0.25, 0.3) is 0 Å². The zero-order valence-corrected chi connectivity index (χ0v) is 15.8. The van der Waals surface area contributed by atoms with E-state index in [-0.39, 0.29) is 12.2 Å². The largest absolute Gasteiger partial charge is 0.488 e. The second-order valence-electron chi connectivity index (χ2n) is 7.33. The predicted molar refractivity (Wildman–Crippen MR) is 98.3 cm³/mol. The van der Waals surface area contributed by atoms with Crippen LogP contribution in [0.4, 0.5) is 4.79 Å². The van der Waals surface area contributed by atoms with Gasteiger partial charge < -0.3 is 14.4 Å². The number of likely N-dealkylation sites (tertiary alicyclic amines) is 1. The number of carbonyl (C=O) groups is 1. The molecule has 0 bridgehead atoms. The van der Waals surface area contributed by atoms with Gasteiger partial charge in [0.15, 0.2) is 0 Å². The van der Waals surface area contributed by atoms with Crippen LogP contribution >= 0.6 is 11.6 Å². The van der Waals surface area contributed by atoms with E-state index in [1.807, 2.05) is 39.8 Å². The molecule has 1 aliphatic rings. The monoisotopic (exact) mass is 362 g/mol. The number of halogens is 1. The van der Waals surface area contributed by atoms with Gasteiger partial charge >= 0.3 is 6.09 Å². The van der Waals surface area contributed by atoms with Crippen LogP contribution in [0.1, 0.15) is 32.8 Å². The van der Waals surface area contributed by atoms with Gasteiger partial charge in [0.1, 0.15) is 17.5 Å². The number of amides is 1. The van der Waals surface area contributed by atoms with Crippen LogP contribution in [-0.4, -0.2) is 40.8 Å². The third kappa shape index (κ3) is 3.98. The number of aryl methyl sites for hydroxylation is 1. The van der Waals surface area contributed by atoms with E-state index in [2.05, 4.69) is 4.98 Å². The maximum absolute atomic E-state index is 12.2. The lowest BCUT2D eigenvalue weighted by Crippen LogP contribution is -2.36. The van der Waals surface area contributed by atoms with Crippen molar-refractivity contribution in [1.82, 2.24) is 9.88 Å². The number of aromatic nitrogens is 1. The highest BCUT2D eigenvalue weighted by atomic mass is 35.5. The van der Waals surface area contributed by atoms with Gasteiger partial charge in [-0.1, -0.05) is 11.6 Å². The quantitative estimate of drug-likeness (QED) is 0.784. The van der Waals surface area contributed by atoms with E-state index < -0.39 is 5.60 Å². The molecule has 134 valence electrons. The Bertz CT molecular complexity index is 801. The summed E-state index contributed by atoms with van der Waals surface area (Å²) in [5.74, 6) is 0.776. The van der Waals surface area contributed by atoms with Crippen molar-refractivity contribution < 1.29 is 14.3 Å². The molecule has 0 N–H and O–H groups in total. The maximum atomic E-state index is 12.2.